The minimum Gasteiger partial charge on any atom is -0.395 e. The second kappa shape index (κ2) is 11.0. The molecule has 0 saturated heterocycles. The van der Waals surface area contributed by atoms with E-state index in [9.17, 15) is 4.79 Å². The van der Waals surface area contributed by atoms with Crippen molar-refractivity contribution in [3.8, 4) is 0 Å². The molecule has 4 nitrogen and oxygen atoms in total. The number of hydrogen-bond donors (Lipinski definition) is 2. The maximum atomic E-state index is 11.3. The average Bonchev–Trinajstić information content (AvgIpc) is 2.41. The van der Waals surface area contributed by atoms with Crippen LogP contribution in [0, 0.1) is 10.8 Å². The number of aliphatic hydroxyl groups excluding tert-OH is 2. The first kappa shape index (κ1) is 23.3. The van der Waals surface area contributed by atoms with Gasteiger partial charge < -0.3 is 15.0 Å². The molecule has 0 fully saturated rings. The molecule has 0 aromatic carbocycles. The molecule has 0 aliphatic carbocycles. The second-order valence-corrected chi connectivity index (χ2v) is 8.68. The van der Waals surface area contributed by atoms with Crippen molar-refractivity contribution >= 4 is 5.78 Å². The minimum atomic E-state index is 0.0241. The van der Waals surface area contributed by atoms with Crippen LogP contribution in [-0.4, -0.2) is 53.7 Å². The van der Waals surface area contributed by atoms with Crippen LogP contribution in [0.15, 0.2) is 11.6 Å². The highest BCUT2D eigenvalue weighted by atomic mass is 16.3. The molecule has 0 aromatic heterocycles. The molecule has 0 amide bonds. The van der Waals surface area contributed by atoms with Crippen molar-refractivity contribution < 1.29 is 15.0 Å². The molecule has 0 unspecified atom stereocenters. The number of aliphatic hydroxyl groups is 2. The summed E-state index contributed by atoms with van der Waals surface area (Å²) in [5.41, 5.74) is 1.57. The van der Waals surface area contributed by atoms with Gasteiger partial charge in [-0.1, -0.05) is 39.3 Å². The zero-order valence-electron chi connectivity index (χ0n) is 16.7. The summed E-state index contributed by atoms with van der Waals surface area (Å²) in [5, 5.41) is 18.2. The molecule has 0 rings (SSSR count). The number of allylic oxidation sites excluding steroid dienone is 2. The fraction of sp³-hybridized carbons (Fsp3) is 0.850. The maximum Gasteiger partial charge on any atom is 0.130 e. The number of rotatable bonds is 13. The van der Waals surface area contributed by atoms with Crippen molar-refractivity contribution in [2.45, 2.75) is 67.2 Å². The van der Waals surface area contributed by atoms with Crippen LogP contribution in [0.5, 0.6) is 0 Å². The van der Waals surface area contributed by atoms with E-state index in [-0.39, 0.29) is 29.8 Å². The minimum absolute atomic E-state index is 0.0241. The van der Waals surface area contributed by atoms with Crippen LogP contribution < -0.4 is 0 Å². The van der Waals surface area contributed by atoms with Gasteiger partial charge in [0, 0.05) is 19.5 Å². The van der Waals surface area contributed by atoms with Gasteiger partial charge in [0.25, 0.3) is 0 Å². The fourth-order valence-corrected chi connectivity index (χ4v) is 3.19. The van der Waals surface area contributed by atoms with E-state index in [0.717, 1.165) is 25.8 Å². The molecule has 4 heteroatoms. The highest BCUT2D eigenvalue weighted by Gasteiger charge is 2.21. The smallest absolute Gasteiger partial charge is 0.130 e. The van der Waals surface area contributed by atoms with Gasteiger partial charge in [-0.2, -0.15) is 0 Å². The molecule has 0 aliphatic heterocycles. The highest BCUT2D eigenvalue weighted by molar-refractivity contribution is 5.76. The first-order valence-electron chi connectivity index (χ1n) is 9.10. The molecule has 142 valence electrons. The molecule has 0 atom stereocenters. The van der Waals surface area contributed by atoms with Gasteiger partial charge in [0.1, 0.15) is 5.78 Å². The van der Waals surface area contributed by atoms with E-state index in [4.69, 9.17) is 10.2 Å². The van der Waals surface area contributed by atoms with E-state index in [0.29, 0.717) is 19.5 Å². The topological polar surface area (TPSA) is 60.8 Å². The van der Waals surface area contributed by atoms with Crippen LogP contribution in [0.2, 0.25) is 0 Å². The SMILES string of the molecule is CC(=O)CC(C)(C)C/C=C(/C)CC(C)(C)CCN(CCO)CCO. The third-order valence-electron chi connectivity index (χ3n) is 4.43. The summed E-state index contributed by atoms with van der Waals surface area (Å²) in [5.74, 6) is 0.249. The normalized spacial score (nSPS) is 13.6. The van der Waals surface area contributed by atoms with E-state index in [1.807, 2.05) is 0 Å². The summed E-state index contributed by atoms with van der Waals surface area (Å²) in [4.78, 5) is 13.4. The summed E-state index contributed by atoms with van der Waals surface area (Å²) < 4.78 is 0. The Bertz CT molecular complexity index is 394. The summed E-state index contributed by atoms with van der Waals surface area (Å²) in [6, 6.07) is 0. The van der Waals surface area contributed by atoms with Crippen molar-refractivity contribution in [3.63, 3.8) is 0 Å². The van der Waals surface area contributed by atoms with Gasteiger partial charge in [0.15, 0.2) is 0 Å². The Hall–Kier alpha value is -0.710. The van der Waals surface area contributed by atoms with Crippen molar-refractivity contribution in [2.75, 3.05) is 32.8 Å². The summed E-state index contributed by atoms with van der Waals surface area (Å²) in [6.07, 6.45) is 5.88. The number of nitrogens with zero attached hydrogens (tertiary/aromatic N) is 1. The van der Waals surface area contributed by atoms with Gasteiger partial charge >= 0.3 is 0 Å². The summed E-state index contributed by atoms with van der Waals surface area (Å²) in [7, 11) is 0. The lowest BCUT2D eigenvalue weighted by Gasteiger charge is -2.29. The molecule has 0 spiro atoms. The highest BCUT2D eigenvalue weighted by Crippen LogP contribution is 2.32. The molecule has 0 aromatic rings. The molecule has 24 heavy (non-hydrogen) atoms. The van der Waals surface area contributed by atoms with Gasteiger partial charge in [-0.05, 0) is 50.5 Å². The second-order valence-electron chi connectivity index (χ2n) is 8.68. The summed E-state index contributed by atoms with van der Waals surface area (Å²) >= 11 is 0. The lowest BCUT2D eigenvalue weighted by atomic mass is 9.80. The van der Waals surface area contributed by atoms with Crippen molar-refractivity contribution in [1.82, 2.24) is 4.90 Å². The predicted octanol–water partition coefficient (Wildman–Crippen LogP) is 3.42. The number of ketones is 1. The fourth-order valence-electron chi connectivity index (χ4n) is 3.19. The Kier molecular flexibility index (Phi) is 10.7. The largest absolute Gasteiger partial charge is 0.395 e. The van der Waals surface area contributed by atoms with E-state index in [1.165, 1.54) is 5.57 Å². The Morgan fingerprint density at radius 2 is 1.46 bits per heavy atom. The van der Waals surface area contributed by atoms with Crippen molar-refractivity contribution in [2.24, 2.45) is 10.8 Å². The Labute approximate surface area is 148 Å². The van der Waals surface area contributed by atoms with Gasteiger partial charge in [-0.15, -0.1) is 0 Å². The molecule has 0 radical (unpaired) electrons. The summed E-state index contributed by atoms with van der Waals surface area (Å²) in [6.45, 7) is 15.0. The van der Waals surface area contributed by atoms with Crippen molar-refractivity contribution in [3.05, 3.63) is 11.6 Å². The van der Waals surface area contributed by atoms with Gasteiger partial charge in [0.2, 0.25) is 0 Å². The lowest BCUT2D eigenvalue weighted by Crippen LogP contribution is -2.33. The average molecular weight is 342 g/mol. The van der Waals surface area contributed by atoms with Gasteiger partial charge in [-0.25, -0.2) is 0 Å². The third-order valence-corrected chi connectivity index (χ3v) is 4.43. The van der Waals surface area contributed by atoms with Crippen LogP contribution in [-0.2, 0) is 4.79 Å². The Morgan fingerprint density at radius 3 is 1.92 bits per heavy atom. The molecule has 0 heterocycles. The zero-order chi connectivity index (χ0) is 18.8. The van der Waals surface area contributed by atoms with E-state index in [1.54, 1.807) is 6.92 Å². The van der Waals surface area contributed by atoms with Gasteiger partial charge in [0.05, 0.1) is 13.2 Å². The van der Waals surface area contributed by atoms with Crippen LogP contribution in [0.3, 0.4) is 0 Å². The van der Waals surface area contributed by atoms with Crippen LogP contribution in [0.1, 0.15) is 67.2 Å². The molecule has 0 aliphatic rings. The van der Waals surface area contributed by atoms with Crippen molar-refractivity contribution in [1.29, 1.82) is 0 Å². The monoisotopic (exact) mass is 341 g/mol. The maximum absolute atomic E-state index is 11.3. The molecule has 2 N–H and O–H groups in total. The predicted molar refractivity (Wildman–Crippen MR) is 101 cm³/mol. The first-order valence-corrected chi connectivity index (χ1v) is 9.10. The van der Waals surface area contributed by atoms with Crippen LogP contribution in [0.4, 0.5) is 0 Å². The zero-order valence-corrected chi connectivity index (χ0v) is 16.7. The van der Waals surface area contributed by atoms with E-state index in [2.05, 4.69) is 45.6 Å². The Balaban J connectivity index is 4.50. The van der Waals surface area contributed by atoms with Gasteiger partial charge in [-0.3, -0.25) is 4.90 Å². The van der Waals surface area contributed by atoms with E-state index >= 15 is 0 Å². The molecule has 0 saturated carbocycles. The molecular formula is C20H39NO3. The van der Waals surface area contributed by atoms with Crippen LogP contribution in [0.25, 0.3) is 0 Å². The molecular weight excluding hydrogens is 302 g/mol. The quantitative estimate of drug-likeness (QED) is 0.504. The number of hydrogen-bond acceptors (Lipinski definition) is 4. The third kappa shape index (κ3) is 11.8. The standard InChI is InChI=1S/C20H39NO3/c1-17(7-8-19(3,4)16-18(2)24)15-20(5,6)9-10-21(11-13-22)12-14-23/h7,22-23H,8-16H2,1-6H3/b17-7-. The van der Waals surface area contributed by atoms with E-state index < -0.39 is 0 Å². The number of carbonyl (C=O) groups is 1. The molecule has 0 bridgehead atoms. The Morgan fingerprint density at radius 1 is 0.917 bits per heavy atom. The number of carbonyl (C=O) groups excluding carboxylic acids is 1. The van der Waals surface area contributed by atoms with Crippen LogP contribution >= 0.6 is 0 Å². The lowest BCUT2D eigenvalue weighted by molar-refractivity contribution is -0.118. The number of Topliss-reactive ketones (excluding diaryl/α,β-unsaturated/α-hetero) is 1. The first-order chi connectivity index (χ1) is 11.0.